The van der Waals surface area contributed by atoms with Crippen molar-refractivity contribution in [2.75, 3.05) is 13.1 Å². The minimum atomic E-state index is 0.550. The summed E-state index contributed by atoms with van der Waals surface area (Å²) in [5.41, 5.74) is 0.857. The second kappa shape index (κ2) is 4.89. The van der Waals surface area contributed by atoms with Gasteiger partial charge in [0, 0.05) is 19.7 Å². The lowest BCUT2D eigenvalue weighted by Crippen LogP contribution is -2.31. The van der Waals surface area contributed by atoms with Crippen LogP contribution < -0.4 is 5.32 Å². The fraction of sp³-hybridized carbons (Fsp3) is 0.583. The molecule has 1 fully saturated rings. The first-order valence-corrected chi connectivity index (χ1v) is 6.34. The molecule has 3 heterocycles. The van der Waals surface area contributed by atoms with E-state index in [1.807, 2.05) is 13.1 Å². The smallest absolute Gasteiger partial charge is 0.276 e. The molecule has 0 spiro atoms. The molecular weight excluding hydrogens is 230 g/mol. The van der Waals surface area contributed by atoms with E-state index in [2.05, 4.69) is 20.6 Å². The minimum absolute atomic E-state index is 0.550. The zero-order valence-corrected chi connectivity index (χ0v) is 10.5. The van der Waals surface area contributed by atoms with E-state index in [-0.39, 0.29) is 0 Å². The largest absolute Gasteiger partial charge is 0.332 e. The molecule has 0 radical (unpaired) electrons. The molecule has 6 heteroatoms. The van der Waals surface area contributed by atoms with Gasteiger partial charge in [0.05, 0.1) is 0 Å². The van der Waals surface area contributed by atoms with Crippen molar-refractivity contribution < 1.29 is 4.52 Å². The normalized spacial score (nSPS) is 20.2. The second-order valence-corrected chi connectivity index (χ2v) is 4.77. The SMILES string of the molecule is Cn1nccc1-c1nc(CC2CCCNC2)no1. The molecule has 1 N–H and O–H groups in total. The van der Waals surface area contributed by atoms with Gasteiger partial charge in [0.1, 0.15) is 5.69 Å². The predicted octanol–water partition coefficient (Wildman–Crippen LogP) is 1.01. The lowest BCUT2D eigenvalue weighted by molar-refractivity contribution is 0.359. The third-order valence-corrected chi connectivity index (χ3v) is 3.38. The van der Waals surface area contributed by atoms with Crippen molar-refractivity contribution in [2.45, 2.75) is 19.3 Å². The number of hydrogen-bond acceptors (Lipinski definition) is 5. The minimum Gasteiger partial charge on any atom is -0.332 e. The highest BCUT2D eigenvalue weighted by Gasteiger charge is 2.18. The van der Waals surface area contributed by atoms with Gasteiger partial charge >= 0.3 is 0 Å². The summed E-state index contributed by atoms with van der Waals surface area (Å²) >= 11 is 0. The van der Waals surface area contributed by atoms with Gasteiger partial charge in [-0.1, -0.05) is 5.16 Å². The fourth-order valence-corrected chi connectivity index (χ4v) is 2.38. The summed E-state index contributed by atoms with van der Waals surface area (Å²) in [6.45, 7) is 2.18. The molecular formula is C12H17N5O. The zero-order chi connectivity index (χ0) is 12.4. The lowest BCUT2D eigenvalue weighted by atomic mass is 9.96. The van der Waals surface area contributed by atoms with E-state index in [9.17, 15) is 0 Å². The first kappa shape index (κ1) is 11.4. The first-order valence-electron chi connectivity index (χ1n) is 6.34. The zero-order valence-electron chi connectivity index (χ0n) is 10.5. The van der Waals surface area contributed by atoms with Crippen LogP contribution in [0.2, 0.25) is 0 Å². The molecule has 0 amide bonds. The standard InChI is InChI=1S/C12H17N5O/c1-17-10(4-6-14-17)12-15-11(16-18-12)7-9-3-2-5-13-8-9/h4,6,9,13H,2-3,5,7-8H2,1H3. The lowest BCUT2D eigenvalue weighted by Gasteiger charge is -2.20. The molecule has 0 aromatic carbocycles. The Bertz CT molecular complexity index is 512. The molecule has 18 heavy (non-hydrogen) atoms. The molecule has 2 aromatic rings. The number of aryl methyl sites for hydroxylation is 1. The molecule has 0 bridgehead atoms. The van der Waals surface area contributed by atoms with Gasteiger partial charge in [-0.2, -0.15) is 10.1 Å². The highest BCUT2D eigenvalue weighted by atomic mass is 16.5. The second-order valence-electron chi connectivity index (χ2n) is 4.77. The van der Waals surface area contributed by atoms with E-state index in [1.165, 1.54) is 12.8 Å². The van der Waals surface area contributed by atoms with Crippen LogP contribution in [0.5, 0.6) is 0 Å². The highest BCUT2D eigenvalue weighted by molar-refractivity contribution is 5.45. The molecule has 0 aliphatic carbocycles. The summed E-state index contributed by atoms with van der Waals surface area (Å²) in [6, 6.07) is 1.87. The van der Waals surface area contributed by atoms with Crippen molar-refractivity contribution in [3.8, 4) is 11.6 Å². The Morgan fingerprint density at radius 3 is 3.22 bits per heavy atom. The molecule has 96 valence electrons. The van der Waals surface area contributed by atoms with Crippen LogP contribution in [0.4, 0.5) is 0 Å². The van der Waals surface area contributed by atoms with E-state index in [0.29, 0.717) is 11.8 Å². The quantitative estimate of drug-likeness (QED) is 0.876. The molecule has 1 unspecified atom stereocenters. The van der Waals surface area contributed by atoms with E-state index in [1.54, 1.807) is 10.9 Å². The van der Waals surface area contributed by atoms with Crippen molar-refractivity contribution in [1.29, 1.82) is 0 Å². The molecule has 3 rings (SSSR count). The van der Waals surface area contributed by atoms with Gasteiger partial charge in [-0.25, -0.2) is 0 Å². The van der Waals surface area contributed by atoms with Gasteiger partial charge < -0.3 is 9.84 Å². The van der Waals surface area contributed by atoms with Crippen LogP contribution in [0.1, 0.15) is 18.7 Å². The Hall–Kier alpha value is -1.69. The van der Waals surface area contributed by atoms with Crippen LogP contribution >= 0.6 is 0 Å². The van der Waals surface area contributed by atoms with E-state index in [0.717, 1.165) is 31.0 Å². The van der Waals surface area contributed by atoms with Gasteiger partial charge in [0.15, 0.2) is 5.82 Å². The topological polar surface area (TPSA) is 68.8 Å². The van der Waals surface area contributed by atoms with Crippen LogP contribution in [0.25, 0.3) is 11.6 Å². The number of piperidine rings is 1. The molecule has 0 saturated carbocycles. The molecule has 2 aromatic heterocycles. The van der Waals surface area contributed by atoms with Crippen molar-refractivity contribution in [2.24, 2.45) is 13.0 Å². The van der Waals surface area contributed by atoms with Gasteiger partial charge in [0.2, 0.25) is 0 Å². The van der Waals surface area contributed by atoms with Crippen LogP contribution in [0, 0.1) is 5.92 Å². The van der Waals surface area contributed by atoms with Crippen molar-refractivity contribution in [3.05, 3.63) is 18.1 Å². The molecule has 1 saturated heterocycles. The van der Waals surface area contributed by atoms with Gasteiger partial charge in [0.25, 0.3) is 5.89 Å². The van der Waals surface area contributed by atoms with E-state index < -0.39 is 0 Å². The summed E-state index contributed by atoms with van der Waals surface area (Å²) in [4.78, 5) is 4.44. The first-order chi connectivity index (χ1) is 8.83. The van der Waals surface area contributed by atoms with E-state index in [4.69, 9.17) is 4.52 Å². The summed E-state index contributed by atoms with van der Waals surface area (Å²) in [5, 5.41) is 11.5. The summed E-state index contributed by atoms with van der Waals surface area (Å²) in [6.07, 6.45) is 5.08. The Morgan fingerprint density at radius 2 is 2.50 bits per heavy atom. The van der Waals surface area contributed by atoms with Crippen molar-refractivity contribution in [3.63, 3.8) is 0 Å². The fourth-order valence-electron chi connectivity index (χ4n) is 2.38. The molecule has 1 aliphatic heterocycles. The van der Waals surface area contributed by atoms with Gasteiger partial charge in [-0.05, 0) is 37.9 Å². The monoisotopic (exact) mass is 247 g/mol. The van der Waals surface area contributed by atoms with Crippen molar-refractivity contribution >= 4 is 0 Å². The maximum Gasteiger partial charge on any atom is 0.276 e. The summed E-state index contributed by atoms with van der Waals surface area (Å²) in [7, 11) is 1.87. The maximum absolute atomic E-state index is 5.29. The Balaban J connectivity index is 1.71. The third kappa shape index (κ3) is 2.28. The Labute approximate surface area is 105 Å². The number of nitrogens with zero attached hydrogens (tertiary/aromatic N) is 4. The predicted molar refractivity (Wildman–Crippen MR) is 65.8 cm³/mol. The summed E-state index contributed by atoms with van der Waals surface area (Å²) < 4.78 is 7.02. The number of nitrogens with one attached hydrogen (secondary N) is 1. The van der Waals surface area contributed by atoms with E-state index >= 15 is 0 Å². The Morgan fingerprint density at radius 1 is 1.56 bits per heavy atom. The average Bonchev–Trinajstić information content (AvgIpc) is 2.99. The van der Waals surface area contributed by atoms with Crippen LogP contribution in [-0.2, 0) is 13.5 Å². The van der Waals surface area contributed by atoms with Crippen LogP contribution in [0.15, 0.2) is 16.8 Å². The highest BCUT2D eigenvalue weighted by Crippen LogP contribution is 2.19. The van der Waals surface area contributed by atoms with Crippen LogP contribution in [-0.4, -0.2) is 33.0 Å². The molecule has 1 aliphatic rings. The molecule has 1 atom stereocenters. The molecule has 6 nitrogen and oxygen atoms in total. The Kier molecular flexibility index (Phi) is 3.10. The van der Waals surface area contributed by atoms with Gasteiger partial charge in [-0.15, -0.1) is 0 Å². The number of hydrogen-bond donors (Lipinski definition) is 1. The van der Waals surface area contributed by atoms with Crippen LogP contribution in [0.3, 0.4) is 0 Å². The van der Waals surface area contributed by atoms with Gasteiger partial charge in [-0.3, -0.25) is 4.68 Å². The number of rotatable bonds is 3. The average molecular weight is 247 g/mol. The third-order valence-electron chi connectivity index (χ3n) is 3.38. The summed E-state index contributed by atoms with van der Waals surface area (Å²) in [5.74, 6) is 1.96. The number of aromatic nitrogens is 4. The maximum atomic E-state index is 5.29. The van der Waals surface area contributed by atoms with Crippen molar-refractivity contribution in [1.82, 2.24) is 25.2 Å².